The van der Waals surface area contributed by atoms with Gasteiger partial charge < -0.3 is 14.4 Å². The van der Waals surface area contributed by atoms with Gasteiger partial charge in [0.1, 0.15) is 5.75 Å². The summed E-state index contributed by atoms with van der Waals surface area (Å²) in [6.07, 6.45) is 1.51. The van der Waals surface area contributed by atoms with Crippen molar-refractivity contribution in [2.45, 2.75) is 6.54 Å². The molecule has 3 aromatic carbocycles. The van der Waals surface area contributed by atoms with Gasteiger partial charge in [-0.1, -0.05) is 53.8 Å². The summed E-state index contributed by atoms with van der Waals surface area (Å²) in [7, 11) is 3.54. The number of aromatic nitrogens is 2. The number of para-hydroxylation sites is 1. The van der Waals surface area contributed by atoms with Gasteiger partial charge in [-0.25, -0.2) is 0 Å². The molecule has 34 heavy (non-hydrogen) atoms. The summed E-state index contributed by atoms with van der Waals surface area (Å²) in [6.45, 7) is 0.211. The molecule has 0 unspecified atom stereocenters. The first-order valence-electron chi connectivity index (χ1n) is 10.7. The number of fused-ring (bicyclic) bond motifs is 2. The molecule has 0 amide bonds. The monoisotopic (exact) mass is 470 g/mol. The molecule has 0 radical (unpaired) electrons. The Bertz CT molecular complexity index is 1660. The van der Waals surface area contributed by atoms with E-state index in [2.05, 4.69) is 10.2 Å². The van der Waals surface area contributed by atoms with Crippen LogP contribution in [-0.2, 0) is 13.6 Å². The Morgan fingerprint density at radius 1 is 1.00 bits per heavy atom. The summed E-state index contributed by atoms with van der Waals surface area (Å²) in [5, 5.41) is 20.9. The van der Waals surface area contributed by atoms with Crippen molar-refractivity contribution in [3.8, 4) is 11.6 Å². The lowest BCUT2D eigenvalue weighted by molar-refractivity contribution is 0.412. The summed E-state index contributed by atoms with van der Waals surface area (Å²) in [5.74, 6) is 0.571. The van der Waals surface area contributed by atoms with Gasteiger partial charge in [0.15, 0.2) is 0 Å². The highest BCUT2D eigenvalue weighted by Gasteiger charge is 2.15. The summed E-state index contributed by atoms with van der Waals surface area (Å²) in [4.78, 5) is 13.9. The Morgan fingerprint density at radius 3 is 2.44 bits per heavy atom. The molecule has 0 atom stereocenters. The van der Waals surface area contributed by atoms with Gasteiger partial charge in [-0.05, 0) is 35.9 Å². The van der Waals surface area contributed by atoms with Crippen molar-refractivity contribution in [1.29, 1.82) is 0 Å². The standard InChI is InChI=1S/C26H22N4O3S/c1-29-22-9-5-6-10-23(22)34-26(29)28-27-15-21-19-7-3-4-8-20(19)24(31)30(25(21)32)16-17-11-13-18(33-2)14-12-17/h3-15,32H,16H2,1-2H3/b27-15+,28-26+. The van der Waals surface area contributed by atoms with Crippen molar-refractivity contribution < 1.29 is 9.84 Å². The highest BCUT2D eigenvalue weighted by atomic mass is 32.1. The van der Waals surface area contributed by atoms with Crippen LogP contribution in [0, 0.1) is 0 Å². The Morgan fingerprint density at radius 2 is 1.71 bits per heavy atom. The van der Waals surface area contributed by atoms with Crippen LogP contribution in [0.2, 0.25) is 0 Å². The molecule has 0 spiro atoms. The molecule has 0 aliphatic heterocycles. The van der Waals surface area contributed by atoms with Gasteiger partial charge in [-0.3, -0.25) is 9.36 Å². The number of hydrogen-bond donors (Lipinski definition) is 1. The van der Waals surface area contributed by atoms with E-state index in [9.17, 15) is 9.90 Å². The van der Waals surface area contributed by atoms with E-state index in [1.54, 1.807) is 25.3 Å². The Kier molecular flexibility index (Phi) is 5.73. The summed E-state index contributed by atoms with van der Waals surface area (Å²) >= 11 is 1.53. The lowest BCUT2D eigenvalue weighted by Gasteiger charge is -2.13. The number of rotatable bonds is 5. The fourth-order valence-corrected chi connectivity index (χ4v) is 4.89. The van der Waals surface area contributed by atoms with E-state index in [4.69, 9.17) is 4.74 Å². The molecule has 170 valence electrons. The highest BCUT2D eigenvalue weighted by Crippen LogP contribution is 2.24. The smallest absolute Gasteiger partial charge is 0.261 e. The van der Waals surface area contributed by atoms with Crippen LogP contribution in [0.15, 0.2) is 87.8 Å². The first-order valence-corrected chi connectivity index (χ1v) is 11.5. The first kappa shape index (κ1) is 21.7. The van der Waals surface area contributed by atoms with Crippen LogP contribution in [0.1, 0.15) is 11.1 Å². The maximum absolute atomic E-state index is 13.2. The number of thiazole rings is 1. The molecule has 8 heteroatoms. The second-order valence-corrected chi connectivity index (χ2v) is 8.79. The number of aromatic hydroxyl groups is 1. The molecule has 0 aliphatic rings. The van der Waals surface area contributed by atoms with Crippen molar-refractivity contribution in [3.63, 3.8) is 0 Å². The van der Waals surface area contributed by atoms with Gasteiger partial charge in [0, 0.05) is 17.8 Å². The second kappa shape index (κ2) is 8.99. The number of ether oxygens (including phenoxy) is 1. The quantitative estimate of drug-likeness (QED) is 0.308. The molecular weight excluding hydrogens is 448 g/mol. The molecule has 5 aromatic rings. The van der Waals surface area contributed by atoms with E-state index in [-0.39, 0.29) is 18.0 Å². The van der Waals surface area contributed by atoms with E-state index in [1.807, 2.05) is 66.2 Å². The van der Waals surface area contributed by atoms with E-state index in [1.165, 1.54) is 22.1 Å². The molecule has 1 N–H and O–H groups in total. The number of benzene rings is 3. The molecule has 0 bridgehead atoms. The average Bonchev–Trinajstić information content (AvgIpc) is 3.19. The van der Waals surface area contributed by atoms with Crippen LogP contribution in [-0.4, -0.2) is 27.6 Å². The van der Waals surface area contributed by atoms with Crippen LogP contribution in [0.4, 0.5) is 0 Å². The molecule has 0 saturated carbocycles. The zero-order chi connectivity index (χ0) is 23.7. The average molecular weight is 471 g/mol. The first-order chi connectivity index (χ1) is 16.6. The minimum absolute atomic E-state index is 0.154. The maximum atomic E-state index is 13.2. The second-order valence-electron chi connectivity index (χ2n) is 7.78. The third-order valence-corrected chi connectivity index (χ3v) is 6.84. The SMILES string of the molecule is COc1ccc(Cn2c(O)c(/C=N/N=c3/sc4ccccc4n3C)c3ccccc3c2=O)cc1. The zero-order valence-electron chi connectivity index (χ0n) is 18.7. The van der Waals surface area contributed by atoms with Crippen LogP contribution in [0.5, 0.6) is 11.6 Å². The fraction of sp³-hybridized carbons (Fsp3) is 0.115. The van der Waals surface area contributed by atoms with E-state index >= 15 is 0 Å². The number of nitrogens with zero attached hydrogens (tertiary/aromatic N) is 4. The van der Waals surface area contributed by atoms with Gasteiger partial charge in [0.05, 0.1) is 35.6 Å². The van der Waals surface area contributed by atoms with Crippen molar-refractivity contribution in [1.82, 2.24) is 9.13 Å². The maximum Gasteiger partial charge on any atom is 0.261 e. The summed E-state index contributed by atoms with van der Waals surface area (Å²) < 4.78 is 9.64. The Hall–Kier alpha value is -4.17. The third-order valence-electron chi connectivity index (χ3n) is 5.73. The topological polar surface area (TPSA) is 81.1 Å². The Labute approximate surface area is 199 Å². The van der Waals surface area contributed by atoms with Crippen LogP contribution < -0.4 is 15.1 Å². The van der Waals surface area contributed by atoms with Crippen molar-refractivity contribution in [2.24, 2.45) is 17.3 Å². The minimum atomic E-state index is -0.270. The van der Waals surface area contributed by atoms with Gasteiger partial charge in [-0.15, -0.1) is 5.10 Å². The Balaban J connectivity index is 1.61. The molecule has 2 heterocycles. The van der Waals surface area contributed by atoms with Crippen molar-refractivity contribution in [2.75, 3.05) is 7.11 Å². The molecule has 5 rings (SSSR count). The van der Waals surface area contributed by atoms with Crippen LogP contribution in [0.25, 0.3) is 21.0 Å². The molecule has 0 saturated heterocycles. The fourth-order valence-electron chi connectivity index (χ4n) is 3.91. The van der Waals surface area contributed by atoms with Crippen molar-refractivity contribution >= 4 is 38.5 Å². The van der Waals surface area contributed by atoms with Gasteiger partial charge in [-0.2, -0.15) is 5.10 Å². The van der Waals surface area contributed by atoms with Gasteiger partial charge >= 0.3 is 0 Å². The number of hydrogen-bond acceptors (Lipinski definition) is 6. The van der Waals surface area contributed by atoms with Gasteiger partial charge in [0.25, 0.3) is 5.56 Å². The largest absolute Gasteiger partial charge is 0.497 e. The van der Waals surface area contributed by atoms with Crippen molar-refractivity contribution in [3.05, 3.63) is 99.1 Å². The lowest BCUT2D eigenvalue weighted by Crippen LogP contribution is -2.22. The minimum Gasteiger partial charge on any atom is -0.497 e. The van der Waals surface area contributed by atoms with Crippen LogP contribution in [0.3, 0.4) is 0 Å². The normalized spacial score (nSPS) is 12.2. The van der Waals surface area contributed by atoms with Gasteiger partial charge in [0.2, 0.25) is 10.7 Å². The van der Waals surface area contributed by atoms with Crippen LogP contribution >= 0.6 is 11.3 Å². The predicted octanol–water partition coefficient (Wildman–Crippen LogP) is 4.25. The zero-order valence-corrected chi connectivity index (χ0v) is 19.5. The molecule has 0 aliphatic carbocycles. The molecular formula is C26H22N4O3S. The molecule has 0 fully saturated rings. The predicted molar refractivity (Wildman–Crippen MR) is 136 cm³/mol. The molecule has 7 nitrogen and oxygen atoms in total. The number of pyridine rings is 1. The number of methoxy groups -OCH3 is 1. The third kappa shape index (κ3) is 3.88. The van der Waals surface area contributed by atoms with E-state index in [0.29, 0.717) is 16.3 Å². The van der Waals surface area contributed by atoms with E-state index in [0.717, 1.165) is 26.3 Å². The molecule has 2 aromatic heterocycles. The summed E-state index contributed by atoms with van der Waals surface area (Å²) in [5.41, 5.74) is 2.10. The summed E-state index contributed by atoms with van der Waals surface area (Å²) in [6, 6.07) is 22.6. The number of aryl methyl sites for hydroxylation is 1. The van der Waals surface area contributed by atoms with E-state index < -0.39 is 0 Å². The highest BCUT2D eigenvalue weighted by molar-refractivity contribution is 7.16. The lowest BCUT2D eigenvalue weighted by atomic mass is 10.1.